The fourth-order valence-corrected chi connectivity index (χ4v) is 0.798. The Labute approximate surface area is 71.1 Å². The summed E-state index contributed by atoms with van der Waals surface area (Å²) in [5, 5.41) is 8.38. The maximum atomic E-state index is 10.2. The zero-order valence-electron chi connectivity index (χ0n) is 6.99. The molecule has 68 valence electrons. The molecule has 0 aliphatic carbocycles. The van der Waals surface area contributed by atoms with Crippen molar-refractivity contribution in [3.8, 4) is 0 Å². The van der Waals surface area contributed by atoms with Crippen molar-refractivity contribution in [2.45, 2.75) is 19.8 Å². The van der Waals surface area contributed by atoms with Crippen LogP contribution in [0.2, 0.25) is 0 Å². The predicted octanol–water partition coefficient (Wildman–Crippen LogP) is 0.529. The Kier molecular flexibility index (Phi) is 4.76. The summed E-state index contributed by atoms with van der Waals surface area (Å²) in [6, 6.07) is 0. The summed E-state index contributed by atoms with van der Waals surface area (Å²) >= 11 is 0. The van der Waals surface area contributed by atoms with Crippen molar-refractivity contribution in [3.05, 3.63) is 12.2 Å². The first-order valence-corrected chi connectivity index (χ1v) is 3.70. The number of carboxylic acids is 1. The Bertz CT molecular complexity index is 198. The summed E-state index contributed by atoms with van der Waals surface area (Å²) in [6.07, 6.45) is 3.52. The van der Waals surface area contributed by atoms with Crippen LogP contribution in [0.3, 0.4) is 0 Å². The summed E-state index contributed by atoms with van der Waals surface area (Å²) in [4.78, 5) is 20.4. The second-order valence-electron chi connectivity index (χ2n) is 2.74. The van der Waals surface area contributed by atoms with Crippen LogP contribution in [0.25, 0.3) is 0 Å². The number of amides is 1. The predicted molar refractivity (Wildman–Crippen MR) is 44.4 cm³/mol. The summed E-state index contributed by atoms with van der Waals surface area (Å²) in [7, 11) is 0. The normalized spacial score (nSPS) is 13.1. The van der Waals surface area contributed by atoms with Gasteiger partial charge in [0.1, 0.15) is 0 Å². The largest absolute Gasteiger partial charge is 0.481 e. The van der Waals surface area contributed by atoms with Crippen LogP contribution in [0.5, 0.6) is 0 Å². The molecule has 0 fully saturated rings. The van der Waals surface area contributed by atoms with Crippen LogP contribution in [0, 0.1) is 5.92 Å². The lowest BCUT2D eigenvalue weighted by Crippen LogP contribution is -2.06. The molecule has 0 spiro atoms. The van der Waals surface area contributed by atoms with E-state index in [2.05, 4.69) is 0 Å². The molecule has 0 rings (SSSR count). The standard InChI is InChI=1S/C8H13NO3/c1-6(5-8(11)12)3-2-4-7(9)10/h2,4,6H,3,5H2,1H3,(H2,9,10)(H,11,12). The lowest BCUT2D eigenvalue weighted by Gasteiger charge is -2.02. The first-order valence-electron chi connectivity index (χ1n) is 3.70. The number of carbonyl (C=O) groups is 2. The molecule has 0 aromatic rings. The highest BCUT2D eigenvalue weighted by atomic mass is 16.4. The molecule has 0 saturated carbocycles. The average molecular weight is 171 g/mol. The molecule has 0 aliphatic rings. The lowest BCUT2D eigenvalue weighted by molar-refractivity contribution is -0.137. The number of aliphatic carboxylic acids is 1. The maximum absolute atomic E-state index is 10.2. The summed E-state index contributed by atoms with van der Waals surface area (Å²) in [6.45, 7) is 1.81. The number of nitrogens with two attached hydrogens (primary N) is 1. The van der Waals surface area contributed by atoms with E-state index in [1.165, 1.54) is 6.08 Å². The molecule has 1 unspecified atom stereocenters. The van der Waals surface area contributed by atoms with Crippen LogP contribution in [-0.4, -0.2) is 17.0 Å². The van der Waals surface area contributed by atoms with Crippen molar-refractivity contribution in [2.24, 2.45) is 11.7 Å². The molecule has 0 aromatic carbocycles. The van der Waals surface area contributed by atoms with Gasteiger partial charge in [-0.3, -0.25) is 9.59 Å². The van der Waals surface area contributed by atoms with Crippen molar-refractivity contribution in [2.75, 3.05) is 0 Å². The van der Waals surface area contributed by atoms with E-state index in [9.17, 15) is 9.59 Å². The SMILES string of the molecule is CC(CC=CC(N)=O)CC(=O)O. The van der Waals surface area contributed by atoms with E-state index in [1.54, 1.807) is 13.0 Å². The van der Waals surface area contributed by atoms with Crippen LogP contribution < -0.4 is 5.73 Å². The van der Waals surface area contributed by atoms with E-state index in [0.717, 1.165) is 0 Å². The van der Waals surface area contributed by atoms with Gasteiger partial charge in [-0.05, 0) is 18.4 Å². The average Bonchev–Trinajstić information content (AvgIpc) is 1.84. The van der Waals surface area contributed by atoms with Crippen LogP contribution >= 0.6 is 0 Å². The Morgan fingerprint density at radius 3 is 2.58 bits per heavy atom. The van der Waals surface area contributed by atoms with Gasteiger partial charge < -0.3 is 10.8 Å². The van der Waals surface area contributed by atoms with Gasteiger partial charge >= 0.3 is 5.97 Å². The molecule has 0 radical (unpaired) electrons. The minimum Gasteiger partial charge on any atom is -0.481 e. The number of carbonyl (C=O) groups excluding carboxylic acids is 1. The molecular weight excluding hydrogens is 158 g/mol. The molecule has 1 amide bonds. The molecule has 0 aliphatic heterocycles. The monoisotopic (exact) mass is 171 g/mol. The van der Waals surface area contributed by atoms with Gasteiger partial charge in [0.15, 0.2) is 0 Å². The van der Waals surface area contributed by atoms with Gasteiger partial charge in [0, 0.05) is 6.42 Å². The van der Waals surface area contributed by atoms with Gasteiger partial charge in [-0.15, -0.1) is 0 Å². The summed E-state index contributed by atoms with van der Waals surface area (Å²) in [5.74, 6) is -1.29. The van der Waals surface area contributed by atoms with Gasteiger partial charge in [0.05, 0.1) is 0 Å². The fourth-order valence-electron chi connectivity index (χ4n) is 0.798. The van der Waals surface area contributed by atoms with E-state index in [0.29, 0.717) is 6.42 Å². The highest BCUT2D eigenvalue weighted by Gasteiger charge is 2.04. The van der Waals surface area contributed by atoms with Crippen LogP contribution in [-0.2, 0) is 9.59 Å². The summed E-state index contributed by atoms with van der Waals surface area (Å²) < 4.78 is 0. The quantitative estimate of drug-likeness (QED) is 0.592. The summed E-state index contributed by atoms with van der Waals surface area (Å²) in [5.41, 5.74) is 4.84. The third-order valence-corrected chi connectivity index (χ3v) is 1.34. The van der Waals surface area contributed by atoms with E-state index >= 15 is 0 Å². The number of hydrogen-bond donors (Lipinski definition) is 2. The molecule has 3 N–H and O–H groups in total. The highest BCUT2D eigenvalue weighted by Crippen LogP contribution is 2.07. The molecule has 0 aromatic heterocycles. The van der Waals surface area contributed by atoms with E-state index in [1.807, 2.05) is 0 Å². The third-order valence-electron chi connectivity index (χ3n) is 1.34. The smallest absolute Gasteiger partial charge is 0.303 e. The zero-order chi connectivity index (χ0) is 9.56. The minimum absolute atomic E-state index is 0.0399. The lowest BCUT2D eigenvalue weighted by atomic mass is 10.0. The van der Waals surface area contributed by atoms with E-state index in [4.69, 9.17) is 10.8 Å². The van der Waals surface area contributed by atoms with Crippen molar-refractivity contribution in [1.29, 1.82) is 0 Å². The molecular formula is C8H13NO3. The topological polar surface area (TPSA) is 80.4 Å². The minimum atomic E-state index is -0.824. The third kappa shape index (κ3) is 6.80. The van der Waals surface area contributed by atoms with Gasteiger partial charge in [-0.1, -0.05) is 13.0 Å². The molecule has 4 nitrogen and oxygen atoms in total. The fraction of sp³-hybridized carbons (Fsp3) is 0.500. The van der Waals surface area contributed by atoms with Gasteiger partial charge in [0.2, 0.25) is 5.91 Å². The molecule has 0 heterocycles. The Morgan fingerprint density at radius 1 is 1.58 bits per heavy atom. The van der Waals surface area contributed by atoms with E-state index < -0.39 is 11.9 Å². The molecule has 12 heavy (non-hydrogen) atoms. The maximum Gasteiger partial charge on any atom is 0.303 e. The molecule has 0 bridgehead atoms. The Balaban J connectivity index is 3.63. The first kappa shape index (κ1) is 10.7. The number of allylic oxidation sites excluding steroid dienone is 1. The molecule has 4 heteroatoms. The Morgan fingerprint density at radius 2 is 2.17 bits per heavy atom. The number of hydrogen-bond acceptors (Lipinski definition) is 2. The molecule has 0 saturated heterocycles. The zero-order valence-corrected chi connectivity index (χ0v) is 6.99. The van der Waals surface area contributed by atoms with Crippen molar-refractivity contribution >= 4 is 11.9 Å². The van der Waals surface area contributed by atoms with Gasteiger partial charge in [-0.25, -0.2) is 0 Å². The second-order valence-corrected chi connectivity index (χ2v) is 2.74. The van der Waals surface area contributed by atoms with Crippen molar-refractivity contribution < 1.29 is 14.7 Å². The van der Waals surface area contributed by atoms with Crippen LogP contribution in [0.15, 0.2) is 12.2 Å². The van der Waals surface area contributed by atoms with Gasteiger partial charge in [-0.2, -0.15) is 0 Å². The number of carboxylic acid groups (broad SMARTS) is 1. The highest BCUT2D eigenvalue weighted by molar-refractivity contribution is 5.85. The van der Waals surface area contributed by atoms with Gasteiger partial charge in [0.25, 0.3) is 0 Å². The van der Waals surface area contributed by atoms with E-state index in [-0.39, 0.29) is 12.3 Å². The number of rotatable bonds is 5. The van der Waals surface area contributed by atoms with Crippen LogP contribution in [0.4, 0.5) is 0 Å². The van der Waals surface area contributed by atoms with Crippen molar-refractivity contribution in [3.63, 3.8) is 0 Å². The first-order chi connectivity index (χ1) is 5.52. The number of primary amides is 1. The second kappa shape index (κ2) is 5.35. The Hall–Kier alpha value is -1.32. The van der Waals surface area contributed by atoms with Crippen molar-refractivity contribution in [1.82, 2.24) is 0 Å². The van der Waals surface area contributed by atoms with Crippen LogP contribution in [0.1, 0.15) is 19.8 Å². The molecule has 1 atom stereocenters.